The number of aromatic nitrogens is 2. The van der Waals surface area contributed by atoms with Gasteiger partial charge in [0.15, 0.2) is 6.10 Å². The summed E-state index contributed by atoms with van der Waals surface area (Å²) >= 11 is 0. The summed E-state index contributed by atoms with van der Waals surface area (Å²) in [5, 5.41) is 2.78. The highest BCUT2D eigenvalue weighted by Gasteiger charge is 2.24. The molecule has 5 aromatic rings. The number of hydrogen-bond acceptors (Lipinski definition) is 8. The van der Waals surface area contributed by atoms with Gasteiger partial charge in [0.05, 0.1) is 55.0 Å². The van der Waals surface area contributed by atoms with Gasteiger partial charge in [-0.3, -0.25) is 4.79 Å². The van der Waals surface area contributed by atoms with E-state index in [-0.39, 0.29) is 12.0 Å². The Hall–Kier alpha value is -5.44. The summed E-state index contributed by atoms with van der Waals surface area (Å²) in [5.41, 5.74) is 4.84. The third kappa shape index (κ3) is 6.41. The van der Waals surface area contributed by atoms with Crippen LogP contribution in [0.15, 0.2) is 91.0 Å². The molecule has 0 aliphatic rings. The number of carbonyl (C=O) groups excluding carboxylic acids is 2. The normalized spacial score (nSPS) is 11.4. The molecule has 1 aromatic heterocycles. The number of esters is 1. The quantitative estimate of drug-likeness (QED) is 0.186. The lowest BCUT2D eigenvalue weighted by molar-refractivity contribution is -0.124. The van der Waals surface area contributed by atoms with E-state index in [4.69, 9.17) is 28.9 Å². The predicted molar refractivity (Wildman–Crippen MR) is 165 cm³/mol. The van der Waals surface area contributed by atoms with Crippen molar-refractivity contribution < 1.29 is 28.5 Å². The molecule has 9 heteroatoms. The van der Waals surface area contributed by atoms with E-state index in [0.717, 1.165) is 16.9 Å². The van der Waals surface area contributed by atoms with E-state index in [9.17, 15) is 9.59 Å². The van der Waals surface area contributed by atoms with Gasteiger partial charge in [-0.15, -0.1) is 0 Å². The molecule has 0 saturated heterocycles. The summed E-state index contributed by atoms with van der Waals surface area (Å²) in [4.78, 5) is 36.0. The van der Waals surface area contributed by atoms with Crippen molar-refractivity contribution in [3.63, 3.8) is 0 Å². The number of anilines is 1. The Labute approximate surface area is 249 Å². The van der Waals surface area contributed by atoms with Crippen LogP contribution in [0.2, 0.25) is 0 Å². The van der Waals surface area contributed by atoms with E-state index in [2.05, 4.69) is 5.32 Å². The van der Waals surface area contributed by atoms with Crippen LogP contribution in [-0.4, -0.2) is 49.3 Å². The lowest BCUT2D eigenvalue weighted by atomic mass is 10.0. The van der Waals surface area contributed by atoms with Crippen molar-refractivity contribution in [1.82, 2.24) is 9.97 Å². The molecule has 1 unspecified atom stereocenters. The molecule has 1 amide bonds. The largest absolute Gasteiger partial charge is 0.497 e. The first-order valence-corrected chi connectivity index (χ1v) is 13.7. The molecule has 1 atom stereocenters. The molecule has 1 heterocycles. The van der Waals surface area contributed by atoms with E-state index < -0.39 is 18.0 Å². The van der Waals surface area contributed by atoms with E-state index in [0.29, 0.717) is 39.6 Å². The van der Waals surface area contributed by atoms with Crippen molar-refractivity contribution >= 4 is 28.6 Å². The Kier molecular flexibility index (Phi) is 8.81. The van der Waals surface area contributed by atoms with Gasteiger partial charge in [0.1, 0.15) is 17.2 Å². The van der Waals surface area contributed by atoms with Gasteiger partial charge >= 0.3 is 5.97 Å². The first kappa shape index (κ1) is 29.1. The van der Waals surface area contributed by atoms with Crippen molar-refractivity contribution in [2.75, 3.05) is 26.6 Å². The average Bonchev–Trinajstić information content (AvgIpc) is 3.06. The fourth-order valence-electron chi connectivity index (χ4n) is 4.56. The Morgan fingerprint density at radius 2 is 1.30 bits per heavy atom. The van der Waals surface area contributed by atoms with E-state index in [1.54, 1.807) is 63.6 Å². The fraction of sp³-hybridized carbons (Fsp3) is 0.176. The smallest absolute Gasteiger partial charge is 0.338 e. The van der Waals surface area contributed by atoms with Crippen molar-refractivity contribution in [1.29, 1.82) is 0 Å². The minimum absolute atomic E-state index is 0.253. The first-order chi connectivity index (χ1) is 20.9. The molecule has 0 bridgehead atoms. The molecular formula is C34H31N3O6. The molecule has 0 saturated carbocycles. The molecule has 43 heavy (non-hydrogen) atoms. The average molecular weight is 578 g/mol. The summed E-state index contributed by atoms with van der Waals surface area (Å²) < 4.78 is 21.6. The molecule has 0 radical (unpaired) electrons. The van der Waals surface area contributed by atoms with E-state index >= 15 is 0 Å². The van der Waals surface area contributed by atoms with E-state index in [1.807, 2.05) is 48.5 Å². The number of benzene rings is 4. The molecule has 4 aromatic carbocycles. The third-order valence-corrected chi connectivity index (χ3v) is 6.90. The van der Waals surface area contributed by atoms with Gasteiger partial charge in [-0.05, 0) is 85.3 Å². The highest BCUT2D eigenvalue weighted by molar-refractivity contribution is 5.99. The predicted octanol–water partition coefficient (Wildman–Crippen LogP) is 6.56. The van der Waals surface area contributed by atoms with Crippen LogP contribution in [0.3, 0.4) is 0 Å². The fourth-order valence-corrected chi connectivity index (χ4v) is 4.56. The Morgan fingerprint density at radius 1 is 0.721 bits per heavy atom. The van der Waals surface area contributed by atoms with Crippen molar-refractivity contribution in [3.05, 3.63) is 96.6 Å². The topological polar surface area (TPSA) is 109 Å². The number of rotatable bonds is 10. The molecule has 9 nitrogen and oxygen atoms in total. The van der Waals surface area contributed by atoms with Crippen LogP contribution < -0.4 is 19.5 Å². The van der Waals surface area contributed by atoms with Gasteiger partial charge < -0.3 is 24.3 Å². The molecule has 0 fully saturated rings. The minimum atomic E-state index is -1.01. The van der Waals surface area contributed by atoms with Gasteiger partial charge in [-0.1, -0.05) is 19.1 Å². The van der Waals surface area contributed by atoms with Crippen LogP contribution in [0, 0.1) is 0 Å². The Morgan fingerprint density at radius 3 is 1.86 bits per heavy atom. The number of amides is 1. The monoisotopic (exact) mass is 577 g/mol. The third-order valence-electron chi connectivity index (χ3n) is 6.90. The number of carbonyl (C=O) groups is 2. The van der Waals surface area contributed by atoms with Gasteiger partial charge in [-0.25, -0.2) is 14.8 Å². The van der Waals surface area contributed by atoms with Crippen LogP contribution in [0.4, 0.5) is 5.69 Å². The maximum atomic E-state index is 13.2. The lowest BCUT2D eigenvalue weighted by Crippen LogP contribution is -2.32. The second-order valence-corrected chi connectivity index (χ2v) is 9.57. The van der Waals surface area contributed by atoms with Crippen molar-refractivity contribution in [2.45, 2.75) is 19.4 Å². The number of methoxy groups -OCH3 is 3. The highest BCUT2D eigenvalue weighted by atomic mass is 16.5. The number of fused-ring (bicyclic) bond motifs is 1. The minimum Gasteiger partial charge on any atom is -0.497 e. The highest BCUT2D eigenvalue weighted by Crippen LogP contribution is 2.33. The molecule has 0 spiro atoms. The summed E-state index contributed by atoms with van der Waals surface area (Å²) in [6, 6.07) is 27.1. The Bertz CT molecular complexity index is 1750. The molecule has 5 rings (SSSR count). The zero-order chi connectivity index (χ0) is 30.3. The number of nitrogens with one attached hydrogen (secondary N) is 1. The van der Waals surface area contributed by atoms with Crippen LogP contribution in [-0.2, 0) is 9.53 Å². The standard InChI is InChI=1S/C34H31N3O6/c1-5-29(33(38)37-27-8-6-7-9-30(27)42-4)43-34(39)23-14-19-26-28(20-23)36-32(22-12-17-25(41-3)18-13-22)31(35-26)21-10-15-24(40-2)16-11-21/h6-20,29H,5H2,1-4H3,(H,37,38). The second-order valence-electron chi connectivity index (χ2n) is 9.57. The van der Waals surface area contributed by atoms with Crippen molar-refractivity contribution in [3.8, 4) is 39.8 Å². The first-order valence-electron chi connectivity index (χ1n) is 13.7. The molecule has 0 aliphatic carbocycles. The van der Waals surface area contributed by atoms with Crippen LogP contribution in [0.1, 0.15) is 23.7 Å². The Balaban J connectivity index is 1.46. The summed E-state index contributed by atoms with van der Waals surface area (Å²) in [6.07, 6.45) is -0.723. The maximum Gasteiger partial charge on any atom is 0.338 e. The number of hydrogen-bond donors (Lipinski definition) is 1. The van der Waals surface area contributed by atoms with E-state index in [1.165, 1.54) is 7.11 Å². The number of ether oxygens (including phenoxy) is 4. The zero-order valence-electron chi connectivity index (χ0n) is 24.3. The number of nitrogens with zero attached hydrogens (tertiary/aromatic N) is 2. The van der Waals surface area contributed by atoms with Gasteiger partial charge in [0, 0.05) is 11.1 Å². The molecule has 0 aliphatic heterocycles. The maximum absolute atomic E-state index is 13.2. The summed E-state index contributed by atoms with van der Waals surface area (Å²) in [5.74, 6) is 0.858. The van der Waals surface area contributed by atoms with Gasteiger partial charge in [0.2, 0.25) is 0 Å². The lowest BCUT2D eigenvalue weighted by Gasteiger charge is -2.17. The summed E-state index contributed by atoms with van der Waals surface area (Å²) in [6.45, 7) is 1.77. The molecule has 1 N–H and O–H groups in total. The molecular weight excluding hydrogens is 546 g/mol. The van der Waals surface area contributed by atoms with Crippen LogP contribution in [0.25, 0.3) is 33.5 Å². The van der Waals surface area contributed by atoms with Gasteiger partial charge in [0.25, 0.3) is 5.91 Å². The van der Waals surface area contributed by atoms with Crippen LogP contribution >= 0.6 is 0 Å². The zero-order valence-corrected chi connectivity index (χ0v) is 24.3. The molecule has 218 valence electrons. The number of para-hydroxylation sites is 2. The van der Waals surface area contributed by atoms with Gasteiger partial charge in [-0.2, -0.15) is 0 Å². The summed E-state index contributed by atoms with van der Waals surface area (Å²) in [7, 11) is 4.75. The SMILES string of the molecule is CCC(OC(=O)c1ccc2nc(-c3ccc(OC)cc3)c(-c3ccc(OC)cc3)nc2c1)C(=O)Nc1ccccc1OC. The van der Waals surface area contributed by atoms with Crippen LogP contribution in [0.5, 0.6) is 17.2 Å². The second kappa shape index (κ2) is 13.0. The van der Waals surface area contributed by atoms with Crippen molar-refractivity contribution in [2.24, 2.45) is 0 Å².